The SMILES string of the molecule is CC(C)c1nc(CN2C[C@@H]3CC[C@H](C2)N(CC(=O)N(C)C)C3=O)co1. The number of hydrogen-bond acceptors (Lipinski definition) is 5. The Labute approximate surface area is 149 Å². The van der Waals surface area contributed by atoms with E-state index < -0.39 is 0 Å². The molecule has 0 N–H and O–H groups in total. The van der Waals surface area contributed by atoms with Gasteiger partial charge in [-0.15, -0.1) is 0 Å². The first kappa shape index (κ1) is 17.9. The molecule has 2 bridgehead atoms. The largest absolute Gasteiger partial charge is 0.448 e. The highest BCUT2D eigenvalue weighted by Crippen LogP contribution is 2.30. The van der Waals surface area contributed by atoms with Crippen LogP contribution in [0, 0.1) is 5.92 Å². The summed E-state index contributed by atoms with van der Waals surface area (Å²) in [6, 6.07) is 0.103. The third-order valence-corrected chi connectivity index (χ3v) is 5.12. The van der Waals surface area contributed by atoms with E-state index in [1.54, 1.807) is 30.2 Å². The first-order chi connectivity index (χ1) is 11.8. The van der Waals surface area contributed by atoms with Gasteiger partial charge in [-0.05, 0) is 12.8 Å². The molecule has 25 heavy (non-hydrogen) atoms. The molecule has 0 spiro atoms. The zero-order chi connectivity index (χ0) is 18.1. The van der Waals surface area contributed by atoms with Crippen LogP contribution in [0.25, 0.3) is 0 Å². The van der Waals surface area contributed by atoms with E-state index in [0.29, 0.717) is 6.54 Å². The number of oxazole rings is 1. The Hall–Kier alpha value is -1.89. The first-order valence-electron chi connectivity index (χ1n) is 9.02. The Balaban J connectivity index is 1.69. The van der Waals surface area contributed by atoms with E-state index in [9.17, 15) is 9.59 Å². The van der Waals surface area contributed by atoms with Crippen LogP contribution in [-0.2, 0) is 16.1 Å². The number of carbonyl (C=O) groups excluding carboxylic acids is 2. The van der Waals surface area contributed by atoms with Gasteiger partial charge in [0.2, 0.25) is 11.8 Å². The molecule has 0 radical (unpaired) electrons. The van der Waals surface area contributed by atoms with Crippen molar-refractivity contribution < 1.29 is 14.0 Å². The zero-order valence-corrected chi connectivity index (χ0v) is 15.6. The molecule has 0 unspecified atom stereocenters. The summed E-state index contributed by atoms with van der Waals surface area (Å²) in [5, 5.41) is 0. The highest BCUT2D eigenvalue weighted by molar-refractivity contribution is 5.86. The summed E-state index contributed by atoms with van der Waals surface area (Å²) >= 11 is 0. The van der Waals surface area contributed by atoms with Gasteiger partial charge in [0.15, 0.2) is 5.89 Å². The summed E-state index contributed by atoms with van der Waals surface area (Å²) in [7, 11) is 3.46. The predicted molar refractivity (Wildman–Crippen MR) is 92.8 cm³/mol. The van der Waals surface area contributed by atoms with E-state index in [2.05, 4.69) is 23.7 Å². The van der Waals surface area contributed by atoms with Gasteiger partial charge < -0.3 is 14.2 Å². The number of carbonyl (C=O) groups is 2. The smallest absolute Gasteiger partial charge is 0.241 e. The fourth-order valence-corrected chi connectivity index (χ4v) is 3.64. The van der Waals surface area contributed by atoms with Gasteiger partial charge in [0, 0.05) is 45.7 Å². The molecule has 3 aliphatic rings. The van der Waals surface area contributed by atoms with E-state index in [1.807, 2.05) is 0 Å². The maximum atomic E-state index is 12.8. The van der Waals surface area contributed by atoms with E-state index in [0.717, 1.165) is 37.5 Å². The third-order valence-electron chi connectivity index (χ3n) is 5.12. The van der Waals surface area contributed by atoms with Gasteiger partial charge in [-0.25, -0.2) is 4.98 Å². The van der Waals surface area contributed by atoms with Crippen LogP contribution in [0.15, 0.2) is 10.7 Å². The minimum absolute atomic E-state index is 0.0227. The fraction of sp³-hybridized carbons (Fsp3) is 0.722. The van der Waals surface area contributed by atoms with Crippen LogP contribution < -0.4 is 0 Å². The van der Waals surface area contributed by atoms with Gasteiger partial charge in [0.05, 0.1) is 11.6 Å². The van der Waals surface area contributed by atoms with Gasteiger partial charge in [0.1, 0.15) is 12.8 Å². The molecule has 0 aliphatic carbocycles. The lowest BCUT2D eigenvalue weighted by atomic mass is 9.94. The third kappa shape index (κ3) is 3.86. The molecule has 3 fully saturated rings. The maximum absolute atomic E-state index is 12.8. The van der Waals surface area contributed by atoms with Gasteiger partial charge in [-0.2, -0.15) is 0 Å². The van der Waals surface area contributed by atoms with E-state index in [-0.39, 0.29) is 36.2 Å². The van der Waals surface area contributed by atoms with Gasteiger partial charge in [-0.3, -0.25) is 14.5 Å². The van der Waals surface area contributed by atoms with Crippen molar-refractivity contribution in [2.45, 2.75) is 45.2 Å². The molecule has 3 saturated heterocycles. The van der Waals surface area contributed by atoms with Crippen LogP contribution in [0.1, 0.15) is 44.2 Å². The number of hydrogen-bond donors (Lipinski definition) is 0. The van der Waals surface area contributed by atoms with E-state index in [1.165, 1.54) is 0 Å². The molecule has 4 rings (SSSR count). The van der Waals surface area contributed by atoms with Crippen LogP contribution in [-0.4, -0.2) is 71.3 Å². The topological polar surface area (TPSA) is 69.9 Å². The van der Waals surface area contributed by atoms with Crippen LogP contribution >= 0.6 is 0 Å². The van der Waals surface area contributed by atoms with Crippen molar-refractivity contribution in [1.82, 2.24) is 19.7 Å². The summed E-state index contributed by atoms with van der Waals surface area (Å²) < 4.78 is 5.52. The second-order valence-electron chi connectivity index (χ2n) is 7.71. The fourth-order valence-electron chi connectivity index (χ4n) is 3.64. The lowest BCUT2D eigenvalue weighted by Gasteiger charge is -2.36. The summed E-state index contributed by atoms with van der Waals surface area (Å²) in [6.07, 6.45) is 3.59. The van der Waals surface area contributed by atoms with Crippen molar-refractivity contribution in [3.63, 3.8) is 0 Å². The number of rotatable bonds is 5. The number of nitrogens with zero attached hydrogens (tertiary/aromatic N) is 4. The molecule has 7 nitrogen and oxygen atoms in total. The van der Waals surface area contributed by atoms with Gasteiger partial charge in [0.25, 0.3) is 0 Å². The quantitative estimate of drug-likeness (QED) is 0.802. The monoisotopic (exact) mass is 348 g/mol. The molecule has 1 aromatic rings. The number of piperidine rings is 1. The molecule has 2 atom stereocenters. The van der Waals surface area contributed by atoms with Crippen molar-refractivity contribution in [2.24, 2.45) is 5.92 Å². The normalized spacial score (nSPS) is 24.0. The first-order valence-corrected chi connectivity index (χ1v) is 9.02. The Bertz CT molecular complexity index is 640. The Morgan fingerprint density at radius 2 is 2.12 bits per heavy atom. The number of amides is 2. The molecule has 2 amide bonds. The second-order valence-corrected chi connectivity index (χ2v) is 7.71. The molecule has 4 heterocycles. The number of fused-ring (bicyclic) bond motifs is 4. The van der Waals surface area contributed by atoms with Crippen molar-refractivity contribution in [3.8, 4) is 0 Å². The summed E-state index contributed by atoms with van der Waals surface area (Å²) in [5.74, 6) is 1.10. The van der Waals surface area contributed by atoms with Crippen LogP contribution in [0.4, 0.5) is 0 Å². The lowest BCUT2D eigenvalue weighted by Crippen LogP contribution is -2.51. The van der Waals surface area contributed by atoms with Crippen molar-refractivity contribution in [1.29, 1.82) is 0 Å². The molecule has 1 aromatic heterocycles. The highest BCUT2D eigenvalue weighted by atomic mass is 16.3. The molecule has 3 aliphatic heterocycles. The van der Waals surface area contributed by atoms with Crippen molar-refractivity contribution >= 4 is 11.8 Å². The molecule has 138 valence electrons. The summed E-state index contributed by atoms with van der Waals surface area (Å²) in [6.45, 7) is 6.49. The highest BCUT2D eigenvalue weighted by Gasteiger charge is 2.41. The second kappa shape index (κ2) is 7.15. The lowest BCUT2D eigenvalue weighted by molar-refractivity contribution is -0.145. The Morgan fingerprint density at radius 3 is 2.76 bits per heavy atom. The minimum atomic E-state index is -0.0230. The Morgan fingerprint density at radius 1 is 1.36 bits per heavy atom. The average Bonchev–Trinajstić information content (AvgIpc) is 2.87. The molecule has 7 heteroatoms. The van der Waals surface area contributed by atoms with Gasteiger partial charge in [-0.1, -0.05) is 13.8 Å². The molecular formula is C18H28N4O3. The van der Waals surface area contributed by atoms with Crippen molar-refractivity contribution in [2.75, 3.05) is 33.7 Å². The van der Waals surface area contributed by atoms with E-state index >= 15 is 0 Å². The molecular weight excluding hydrogens is 320 g/mol. The predicted octanol–water partition coefficient (Wildman–Crippen LogP) is 1.31. The summed E-state index contributed by atoms with van der Waals surface area (Å²) in [5.41, 5.74) is 0.911. The maximum Gasteiger partial charge on any atom is 0.241 e. The van der Waals surface area contributed by atoms with Crippen LogP contribution in [0.3, 0.4) is 0 Å². The zero-order valence-electron chi connectivity index (χ0n) is 15.6. The molecule has 0 aromatic carbocycles. The number of likely N-dealkylation sites (N-methyl/N-ethyl adjacent to an activating group) is 1. The minimum Gasteiger partial charge on any atom is -0.448 e. The standard InChI is InChI=1S/C18H28N4O3/c1-12(2)17-19-14(11-25-17)8-21-7-13-5-6-15(9-21)22(18(13)24)10-16(23)20(3)4/h11-13,15H,5-10H2,1-4H3/t13-,15+/m0/s1. The average molecular weight is 348 g/mol. The Kier molecular flexibility index (Phi) is 5.13. The van der Waals surface area contributed by atoms with Crippen LogP contribution in [0.2, 0.25) is 0 Å². The number of aromatic nitrogens is 1. The van der Waals surface area contributed by atoms with Crippen molar-refractivity contribution in [3.05, 3.63) is 17.8 Å². The van der Waals surface area contributed by atoms with Gasteiger partial charge >= 0.3 is 0 Å². The van der Waals surface area contributed by atoms with Crippen LogP contribution in [0.5, 0.6) is 0 Å². The van der Waals surface area contributed by atoms with E-state index in [4.69, 9.17) is 4.42 Å². The molecule has 0 saturated carbocycles. The summed E-state index contributed by atoms with van der Waals surface area (Å²) in [4.78, 5) is 35.0.